The molecule has 7 heteroatoms. The van der Waals surface area contributed by atoms with E-state index in [4.69, 9.17) is 0 Å². The number of rotatable bonds is 1. The van der Waals surface area contributed by atoms with Crippen LogP contribution in [0.1, 0.15) is 35.2 Å². The fraction of sp³-hybridized carbons (Fsp3) is 0.500. The van der Waals surface area contributed by atoms with Gasteiger partial charge in [-0.25, -0.2) is 4.68 Å². The monoisotopic (exact) mass is 307 g/mol. The Bertz CT molecular complexity index is 476. The number of hydrogen-bond donors (Lipinski definition) is 0. The number of nitrogens with zero attached hydrogens (tertiary/aromatic N) is 3. The molecule has 3 nitrogen and oxygen atoms in total. The largest absolute Gasteiger partial charge is 0.486 e. The molecule has 3 rings (SSSR count). The topological polar surface area (TPSA) is 21.1 Å². The minimum absolute atomic E-state index is 0.281. The van der Waals surface area contributed by atoms with Crippen LogP contribution in [-0.2, 0) is 0 Å². The first-order valence-electron chi connectivity index (χ1n) is 5.24. The minimum atomic E-state index is -4.41. The number of halogens is 4. The summed E-state index contributed by atoms with van der Waals surface area (Å²) >= 11 is 3.03. The molecule has 17 heavy (non-hydrogen) atoms. The molecule has 2 heterocycles. The molecule has 0 bridgehead atoms. The number of hydrogen-bond acceptors (Lipinski definition) is 2. The normalized spacial score (nSPS) is 24.0. The molecule has 1 atom stereocenters. The molecule has 1 unspecified atom stereocenters. The summed E-state index contributed by atoms with van der Waals surface area (Å²) in [4.78, 5) is 0.281. The third-order valence-electron chi connectivity index (χ3n) is 2.91. The van der Waals surface area contributed by atoms with Gasteiger partial charge in [0.15, 0.2) is 5.08 Å². The maximum Gasteiger partial charge on any atom is 0.486 e. The summed E-state index contributed by atoms with van der Waals surface area (Å²) in [5, 5.41) is 3.23. The lowest BCUT2D eigenvalue weighted by Gasteiger charge is -2.31. The molecule has 0 aromatic carbocycles. The number of aromatic nitrogens is 2. The molecule has 0 N–H and O–H groups in total. The van der Waals surface area contributed by atoms with Crippen LogP contribution in [0.15, 0.2) is 12.3 Å². The highest BCUT2D eigenvalue weighted by atomic mass is 79.9. The third kappa shape index (κ3) is 1.86. The Labute approximate surface area is 104 Å². The standard InChI is InChI=1S/C10H9BrF3N3/c11-9-16(10(12,13)14)4-3-7-5-8(6-1-2-6)15-17(7)9/h3-6,9H,1-2H2. The van der Waals surface area contributed by atoms with Gasteiger partial charge >= 0.3 is 6.30 Å². The summed E-state index contributed by atoms with van der Waals surface area (Å²) in [6.07, 6.45) is 0.220. The number of fused-ring (bicyclic) bond motifs is 1. The Morgan fingerprint density at radius 3 is 2.65 bits per heavy atom. The summed E-state index contributed by atoms with van der Waals surface area (Å²) < 4.78 is 39.4. The van der Waals surface area contributed by atoms with E-state index >= 15 is 0 Å². The maximum atomic E-state index is 12.7. The van der Waals surface area contributed by atoms with Crippen molar-refractivity contribution in [2.75, 3.05) is 0 Å². The van der Waals surface area contributed by atoms with Gasteiger partial charge in [-0.3, -0.25) is 4.90 Å². The predicted octanol–water partition coefficient (Wildman–Crippen LogP) is 3.42. The smallest absolute Gasteiger partial charge is 0.258 e. The fourth-order valence-electron chi connectivity index (χ4n) is 1.85. The molecule has 92 valence electrons. The highest BCUT2D eigenvalue weighted by molar-refractivity contribution is 9.09. The molecule has 1 aromatic rings. The zero-order chi connectivity index (χ0) is 12.2. The van der Waals surface area contributed by atoms with E-state index in [0.717, 1.165) is 24.7 Å². The first-order chi connectivity index (χ1) is 7.97. The zero-order valence-corrected chi connectivity index (χ0v) is 10.2. The Balaban J connectivity index is 1.95. The van der Waals surface area contributed by atoms with E-state index in [0.29, 0.717) is 11.6 Å². The van der Waals surface area contributed by atoms with Gasteiger partial charge in [-0.2, -0.15) is 5.10 Å². The van der Waals surface area contributed by atoms with Gasteiger partial charge in [0, 0.05) is 12.1 Å². The van der Waals surface area contributed by atoms with Crippen molar-refractivity contribution in [1.29, 1.82) is 0 Å². The van der Waals surface area contributed by atoms with Crippen LogP contribution in [0.2, 0.25) is 0 Å². The lowest BCUT2D eigenvalue weighted by molar-refractivity contribution is -0.238. The van der Waals surface area contributed by atoms with E-state index < -0.39 is 11.4 Å². The second-order valence-electron chi connectivity index (χ2n) is 4.21. The Morgan fingerprint density at radius 1 is 1.35 bits per heavy atom. The lowest BCUT2D eigenvalue weighted by Crippen LogP contribution is -2.39. The summed E-state index contributed by atoms with van der Waals surface area (Å²) in [5.41, 5.74) is 1.59. The average molecular weight is 308 g/mol. The van der Waals surface area contributed by atoms with Crippen LogP contribution in [-0.4, -0.2) is 21.0 Å². The van der Waals surface area contributed by atoms with Crippen molar-refractivity contribution in [3.8, 4) is 0 Å². The molecule has 1 aromatic heterocycles. The van der Waals surface area contributed by atoms with Crippen molar-refractivity contribution >= 4 is 22.0 Å². The van der Waals surface area contributed by atoms with Crippen molar-refractivity contribution in [1.82, 2.24) is 14.7 Å². The molecule has 1 saturated carbocycles. The van der Waals surface area contributed by atoms with Crippen LogP contribution in [0.3, 0.4) is 0 Å². The fourth-order valence-corrected chi connectivity index (χ4v) is 2.55. The first-order valence-corrected chi connectivity index (χ1v) is 6.15. The van der Waals surface area contributed by atoms with Crippen LogP contribution >= 0.6 is 15.9 Å². The summed E-state index contributed by atoms with van der Waals surface area (Å²) in [6.45, 7) is 0. The second kappa shape index (κ2) is 3.51. The van der Waals surface area contributed by atoms with E-state index in [2.05, 4.69) is 21.0 Å². The lowest BCUT2D eigenvalue weighted by atomic mass is 10.2. The van der Waals surface area contributed by atoms with Crippen molar-refractivity contribution in [2.45, 2.75) is 30.1 Å². The van der Waals surface area contributed by atoms with E-state index in [1.165, 1.54) is 10.8 Å². The molecular formula is C10H9BrF3N3. The van der Waals surface area contributed by atoms with E-state index in [-0.39, 0.29) is 4.90 Å². The highest BCUT2D eigenvalue weighted by Gasteiger charge is 2.42. The SMILES string of the molecule is FC(F)(F)N1C=Cc2cc(C3CC3)nn2C1Br. The summed E-state index contributed by atoms with van der Waals surface area (Å²) in [5.74, 6) is 0.431. The van der Waals surface area contributed by atoms with Crippen molar-refractivity contribution in [2.24, 2.45) is 0 Å². The highest BCUT2D eigenvalue weighted by Crippen LogP contribution is 2.42. The van der Waals surface area contributed by atoms with E-state index in [1.54, 1.807) is 0 Å². The average Bonchev–Trinajstić information content (AvgIpc) is 2.97. The molecule has 1 aliphatic carbocycles. The summed E-state index contributed by atoms with van der Waals surface area (Å²) in [7, 11) is 0. The predicted molar refractivity (Wildman–Crippen MR) is 59.1 cm³/mol. The molecule has 1 fully saturated rings. The summed E-state index contributed by atoms with van der Waals surface area (Å²) in [6, 6.07) is 1.86. The molecule has 0 radical (unpaired) electrons. The van der Waals surface area contributed by atoms with Crippen LogP contribution in [0.4, 0.5) is 13.2 Å². The van der Waals surface area contributed by atoms with E-state index in [1.807, 2.05) is 6.07 Å². The van der Waals surface area contributed by atoms with Crippen molar-refractivity contribution in [3.63, 3.8) is 0 Å². The van der Waals surface area contributed by atoms with Gasteiger partial charge in [0.25, 0.3) is 0 Å². The van der Waals surface area contributed by atoms with Crippen LogP contribution in [0, 0.1) is 0 Å². The maximum absolute atomic E-state index is 12.7. The molecule has 2 aliphatic rings. The molecule has 0 spiro atoms. The molecule has 0 amide bonds. The molecule has 1 aliphatic heterocycles. The van der Waals surface area contributed by atoms with Gasteiger partial charge in [-0.15, -0.1) is 13.2 Å². The number of alkyl halides is 4. The van der Waals surface area contributed by atoms with Gasteiger partial charge in [-0.1, -0.05) is 0 Å². The van der Waals surface area contributed by atoms with Gasteiger partial charge in [0.05, 0.1) is 11.4 Å². The van der Waals surface area contributed by atoms with E-state index in [9.17, 15) is 13.2 Å². The van der Waals surface area contributed by atoms with Gasteiger partial charge < -0.3 is 0 Å². The Kier molecular flexibility index (Phi) is 2.30. The Morgan fingerprint density at radius 2 is 2.06 bits per heavy atom. The van der Waals surface area contributed by atoms with Gasteiger partial charge in [0.1, 0.15) is 0 Å². The van der Waals surface area contributed by atoms with Crippen molar-refractivity contribution in [3.05, 3.63) is 23.7 Å². The minimum Gasteiger partial charge on any atom is -0.258 e. The quantitative estimate of drug-likeness (QED) is 0.585. The first kappa shape index (κ1) is 11.1. The van der Waals surface area contributed by atoms with Crippen LogP contribution in [0.5, 0.6) is 0 Å². The van der Waals surface area contributed by atoms with Gasteiger partial charge in [-0.05, 0) is 40.9 Å². The Hall–Kier alpha value is -0.980. The van der Waals surface area contributed by atoms with Crippen LogP contribution < -0.4 is 0 Å². The molecular weight excluding hydrogens is 299 g/mol. The van der Waals surface area contributed by atoms with Crippen LogP contribution in [0.25, 0.3) is 6.08 Å². The van der Waals surface area contributed by atoms with Gasteiger partial charge in [0.2, 0.25) is 0 Å². The molecule has 0 saturated heterocycles. The van der Waals surface area contributed by atoms with Crippen molar-refractivity contribution < 1.29 is 13.2 Å². The zero-order valence-electron chi connectivity index (χ0n) is 8.65. The third-order valence-corrected chi connectivity index (χ3v) is 3.74. The second-order valence-corrected chi connectivity index (χ2v) is 5.03.